The lowest BCUT2D eigenvalue weighted by Gasteiger charge is -2.30. The van der Waals surface area contributed by atoms with Gasteiger partial charge in [0, 0.05) is 43.0 Å². The summed E-state index contributed by atoms with van der Waals surface area (Å²) in [7, 11) is 0. The van der Waals surface area contributed by atoms with E-state index in [-0.39, 0.29) is 18.2 Å². The average Bonchev–Trinajstić information content (AvgIpc) is 3.64. The van der Waals surface area contributed by atoms with E-state index in [1.165, 1.54) is 11.1 Å². The minimum atomic E-state index is -0.871. The van der Waals surface area contributed by atoms with Crippen LogP contribution in [0.1, 0.15) is 88.3 Å². The largest absolute Gasteiger partial charge is 0.481 e. The quantitative estimate of drug-likeness (QED) is 0.229. The van der Waals surface area contributed by atoms with Crippen LogP contribution in [0.2, 0.25) is 0 Å². The van der Waals surface area contributed by atoms with Crippen molar-refractivity contribution in [2.24, 2.45) is 0 Å². The number of carbonyl (C=O) groups is 2. The number of carboxylic acid groups (broad SMARTS) is 1. The van der Waals surface area contributed by atoms with Crippen LogP contribution in [0.3, 0.4) is 0 Å². The van der Waals surface area contributed by atoms with Gasteiger partial charge in [0.25, 0.3) is 5.91 Å². The van der Waals surface area contributed by atoms with Crippen LogP contribution in [0, 0.1) is 6.92 Å². The number of carbonyl (C=O) groups excluding carboxylic acids is 1. The van der Waals surface area contributed by atoms with Gasteiger partial charge in [0.05, 0.1) is 18.6 Å². The molecule has 5 aromatic rings. The van der Waals surface area contributed by atoms with Gasteiger partial charge in [-0.3, -0.25) is 14.0 Å². The van der Waals surface area contributed by atoms with Crippen molar-refractivity contribution >= 4 is 33.8 Å². The maximum absolute atomic E-state index is 14.1. The zero-order valence-electron chi connectivity index (χ0n) is 26.3. The number of halogens is 1. The van der Waals surface area contributed by atoms with Crippen LogP contribution in [0.5, 0.6) is 0 Å². The van der Waals surface area contributed by atoms with Crippen LogP contribution < -0.4 is 0 Å². The molecule has 2 aromatic heterocycles. The van der Waals surface area contributed by atoms with Gasteiger partial charge in [-0.25, -0.2) is 4.68 Å². The highest BCUT2D eigenvalue weighted by atomic mass is 19.1. The van der Waals surface area contributed by atoms with Gasteiger partial charge in [0.1, 0.15) is 11.2 Å². The molecule has 0 fully saturated rings. The zero-order chi connectivity index (χ0) is 31.8. The molecular formula is C37H40FN5O3. The van der Waals surface area contributed by atoms with E-state index < -0.39 is 12.6 Å². The number of benzene rings is 3. The first-order chi connectivity index (χ1) is 22.4. The Hall–Kier alpha value is -4.53. The fraction of sp³-hybridized carbons (Fsp3) is 0.405. The number of rotatable bonds is 5. The van der Waals surface area contributed by atoms with Gasteiger partial charge in [-0.1, -0.05) is 48.4 Å². The van der Waals surface area contributed by atoms with Gasteiger partial charge in [0.15, 0.2) is 0 Å². The summed E-state index contributed by atoms with van der Waals surface area (Å²) in [4.78, 5) is 28.2. The Bertz CT molecular complexity index is 1940. The van der Waals surface area contributed by atoms with Crippen molar-refractivity contribution in [1.29, 1.82) is 0 Å². The number of hydrogen-bond donors (Lipinski definition) is 1. The molecule has 0 spiro atoms. The van der Waals surface area contributed by atoms with Crippen molar-refractivity contribution in [3.05, 3.63) is 93.7 Å². The van der Waals surface area contributed by atoms with Crippen LogP contribution >= 0.6 is 0 Å². The van der Waals surface area contributed by atoms with Crippen molar-refractivity contribution in [1.82, 2.24) is 24.5 Å². The number of nitrogens with zero attached hydrogens (tertiary/aromatic N) is 5. The van der Waals surface area contributed by atoms with Crippen LogP contribution in [0.15, 0.2) is 54.6 Å². The Morgan fingerprint density at radius 2 is 1.80 bits per heavy atom. The summed E-state index contributed by atoms with van der Waals surface area (Å²) in [5.41, 5.74) is 9.58. The number of fused-ring (bicyclic) bond motifs is 6. The first-order valence-electron chi connectivity index (χ1n) is 16.5. The maximum Gasteiger partial charge on any atom is 0.304 e. The number of alkyl halides is 1. The van der Waals surface area contributed by atoms with E-state index in [9.17, 15) is 19.1 Å². The lowest BCUT2D eigenvalue weighted by atomic mass is 9.83. The molecule has 46 heavy (non-hydrogen) atoms. The van der Waals surface area contributed by atoms with E-state index in [1.807, 2.05) is 45.3 Å². The Kier molecular flexibility index (Phi) is 8.32. The van der Waals surface area contributed by atoms with Crippen molar-refractivity contribution in [3.8, 4) is 0 Å². The lowest BCUT2D eigenvalue weighted by molar-refractivity contribution is -0.137. The normalized spacial score (nSPS) is 17.3. The first-order valence-corrected chi connectivity index (χ1v) is 16.5. The molecule has 1 amide bonds. The van der Waals surface area contributed by atoms with Crippen molar-refractivity contribution < 1.29 is 19.1 Å². The lowest BCUT2D eigenvalue weighted by Crippen LogP contribution is -2.37. The molecule has 10 bridgehead atoms. The molecule has 0 radical (unpaired) electrons. The molecule has 3 aliphatic heterocycles. The molecule has 3 aromatic carbocycles. The van der Waals surface area contributed by atoms with Gasteiger partial charge in [-0.2, -0.15) is 0 Å². The summed E-state index contributed by atoms with van der Waals surface area (Å²) in [6.45, 7) is 3.82. The van der Waals surface area contributed by atoms with E-state index in [0.29, 0.717) is 38.2 Å². The highest BCUT2D eigenvalue weighted by molar-refractivity contribution is 5.99. The predicted octanol–water partition coefficient (Wildman–Crippen LogP) is 6.98. The molecule has 0 aliphatic carbocycles. The minimum Gasteiger partial charge on any atom is -0.481 e. The molecule has 3 aliphatic rings. The SMILES string of the molecule is Cc1c2ccc3c1nnn3CCCCCCc1ccc3c(c1)cc(n3CCCF)C(=O)N1CCc3ccc(cc3C1)[C@@H]2CC(=O)O. The van der Waals surface area contributed by atoms with E-state index in [0.717, 1.165) is 82.8 Å². The van der Waals surface area contributed by atoms with Crippen molar-refractivity contribution in [2.75, 3.05) is 13.2 Å². The number of aliphatic carboxylic acids is 1. The van der Waals surface area contributed by atoms with Gasteiger partial charge < -0.3 is 14.6 Å². The fourth-order valence-corrected chi connectivity index (χ4v) is 7.49. The Morgan fingerprint density at radius 3 is 2.65 bits per heavy atom. The maximum atomic E-state index is 14.1. The second-order valence-electron chi connectivity index (χ2n) is 12.9. The highest BCUT2D eigenvalue weighted by Gasteiger charge is 2.28. The van der Waals surface area contributed by atoms with Gasteiger partial charge in [0.2, 0.25) is 0 Å². The summed E-state index contributed by atoms with van der Waals surface area (Å²) < 4.78 is 17.3. The van der Waals surface area contributed by atoms with Crippen molar-refractivity contribution in [2.45, 2.75) is 83.8 Å². The highest BCUT2D eigenvalue weighted by Crippen LogP contribution is 2.36. The first kappa shape index (κ1) is 30.1. The van der Waals surface area contributed by atoms with E-state index in [2.05, 4.69) is 40.6 Å². The fourth-order valence-electron chi connectivity index (χ4n) is 7.49. The second kappa shape index (κ2) is 12.7. The summed E-state index contributed by atoms with van der Waals surface area (Å²) >= 11 is 0. The van der Waals surface area contributed by atoms with Gasteiger partial charge in [-0.15, -0.1) is 5.10 Å². The molecule has 0 saturated carbocycles. The van der Waals surface area contributed by atoms with E-state index in [4.69, 9.17) is 0 Å². The molecule has 8 nitrogen and oxygen atoms in total. The van der Waals surface area contributed by atoms with Crippen LogP contribution in [-0.2, 0) is 37.3 Å². The molecule has 8 rings (SSSR count). The molecule has 1 N–H and O–H groups in total. The number of carboxylic acids is 1. The van der Waals surface area contributed by atoms with E-state index >= 15 is 0 Å². The second-order valence-corrected chi connectivity index (χ2v) is 12.9. The molecule has 9 heteroatoms. The standard InChI is InChI=1S/C37H40FN5O3/c1-24-30-11-13-33-36(24)39-40-43(33)17-5-3-2-4-7-25-8-12-32-28(19-25)21-34(42(32)16-6-15-38)37(46)41-18-14-26-9-10-27(20-29(26)23-41)31(30)22-35(44)45/h8-13,19-21,31H,2-7,14-18,22-23H2,1H3,(H,44,45)/t31-/m0/s1. The summed E-state index contributed by atoms with van der Waals surface area (Å²) in [5.74, 6) is -1.30. The van der Waals surface area contributed by atoms with Crippen LogP contribution in [0.4, 0.5) is 4.39 Å². The third-order valence-corrected chi connectivity index (χ3v) is 9.95. The molecule has 238 valence electrons. The predicted molar refractivity (Wildman–Crippen MR) is 176 cm³/mol. The minimum absolute atomic E-state index is 0.0570. The molecular weight excluding hydrogens is 581 g/mol. The van der Waals surface area contributed by atoms with Crippen molar-refractivity contribution in [3.63, 3.8) is 0 Å². The molecule has 1 atom stereocenters. The molecule has 0 unspecified atom stereocenters. The number of hydrogen-bond acceptors (Lipinski definition) is 4. The van der Waals surface area contributed by atoms with Gasteiger partial charge in [-0.05, 0) is 96.7 Å². The summed E-state index contributed by atoms with van der Waals surface area (Å²) in [6.07, 6.45) is 6.21. The summed E-state index contributed by atoms with van der Waals surface area (Å²) in [5, 5.41) is 20.0. The zero-order valence-corrected chi connectivity index (χ0v) is 26.3. The monoisotopic (exact) mass is 621 g/mol. The number of aryl methyl sites for hydroxylation is 4. The smallest absolute Gasteiger partial charge is 0.304 e. The van der Waals surface area contributed by atoms with E-state index in [1.54, 1.807) is 0 Å². The Morgan fingerprint density at radius 1 is 0.957 bits per heavy atom. The summed E-state index contributed by atoms with van der Waals surface area (Å²) in [6, 6.07) is 18.7. The van der Waals surface area contributed by atoms with Gasteiger partial charge >= 0.3 is 5.97 Å². The molecule has 0 saturated heterocycles. The third-order valence-electron chi connectivity index (χ3n) is 9.95. The number of aromatic nitrogens is 4. The third kappa shape index (κ3) is 5.67. The van der Waals surface area contributed by atoms with Crippen LogP contribution in [-0.4, -0.2) is 54.7 Å². The molecule has 5 heterocycles. The number of amides is 1. The Labute approximate surface area is 267 Å². The topological polar surface area (TPSA) is 93.3 Å². The van der Waals surface area contributed by atoms with Crippen LogP contribution in [0.25, 0.3) is 21.9 Å². The average molecular weight is 622 g/mol. The Balaban J connectivity index is 1.31.